The Balaban J connectivity index is 2.27. The molecule has 1 aromatic rings. The fourth-order valence-corrected chi connectivity index (χ4v) is 1.91. The van der Waals surface area contributed by atoms with E-state index < -0.39 is 5.60 Å². The van der Waals surface area contributed by atoms with E-state index in [1.165, 1.54) is 0 Å². The van der Waals surface area contributed by atoms with Crippen molar-refractivity contribution in [2.45, 2.75) is 19.4 Å². The summed E-state index contributed by atoms with van der Waals surface area (Å²) in [7, 11) is 0. The highest BCUT2D eigenvalue weighted by molar-refractivity contribution is 5.45. The molecule has 0 saturated carbocycles. The smallest absolute Gasteiger partial charge is 0.161 e. The number of benzene rings is 1. The molecule has 2 N–H and O–H groups in total. The highest BCUT2D eigenvalue weighted by Crippen LogP contribution is 2.34. The summed E-state index contributed by atoms with van der Waals surface area (Å²) in [5.74, 6) is 1.43. The third-order valence-corrected chi connectivity index (χ3v) is 2.92. The fraction of sp³-hybridized carbons (Fsp3) is 0.538. The van der Waals surface area contributed by atoms with Crippen LogP contribution in [-0.4, -0.2) is 31.4 Å². The van der Waals surface area contributed by atoms with Crippen LogP contribution < -0.4 is 14.8 Å². The minimum atomic E-state index is -0.753. The summed E-state index contributed by atoms with van der Waals surface area (Å²) in [6.07, 6.45) is 0. The Morgan fingerprint density at radius 3 is 2.35 bits per heavy atom. The van der Waals surface area contributed by atoms with Crippen LogP contribution in [0.4, 0.5) is 0 Å². The highest BCUT2D eigenvalue weighted by atomic mass is 16.5. The second-order valence-electron chi connectivity index (χ2n) is 4.16. The summed E-state index contributed by atoms with van der Waals surface area (Å²) in [5, 5.41) is 13.3. The van der Waals surface area contributed by atoms with Crippen LogP contribution in [0.25, 0.3) is 0 Å². The van der Waals surface area contributed by atoms with Crippen molar-refractivity contribution in [2.75, 3.05) is 26.3 Å². The van der Waals surface area contributed by atoms with Crippen LogP contribution in [0.1, 0.15) is 19.4 Å². The summed E-state index contributed by atoms with van der Waals surface area (Å²) in [4.78, 5) is 0. The fourth-order valence-electron chi connectivity index (χ4n) is 1.91. The Morgan fingerprint density at radius 1 is 1.18 bits per heavy atom. The molecule has 1 aliphatic heterocycles. The molecule has 0 radical (unpaired) electrons. The van der Waals surface area contributed by atoms with E-state index in [4.69, 9.17) is 9.47 Å². The summed E-state index contributed by atoms with van der Waals surface area (Å²) < 4.78 is 11.0. The van der Waals surface area contributed by atoms with Gasteiger partial charge in [-0.15, -0.1) is 0 Å². The Labute approximate surface area is 102 Å². The van der Waals surface area contributed by atoms with Gasteiger partial charge in [0.15, 0.2) is 11.5 Å². The molecular formula is C13H19NO3. The molecule has 17 heavy (non-hydrogen) atoms. The Bertz CT molecular complexity index is 388. The molecule has 0 amide bonds. The first-order valence-corrected chi connectivity index (χ1v) is 6.03. The van der Waals surface area contributed by atoms with Gasteiger partial charge in [-0.1, -0.05) is 6.07 Å². The molecule has 0 bridgehead atoms. The Morgan fingerprint density at radius 2 is 1.82 bits per heavy atom. The zero-order valence-electron chi connectivity index (χ0n) is 10.3. The van der Waals surface area contributed by atoms with Gasteiger partial charge in [-0.2, -0.15) is 0 Å². The molecule has 0 atom stereocenters. The zero-order chi connectivity index (χ0) is 12.3. The molecule has 1 fully saturated rings. The van der Waals surface area contributed by atoms with Crippen LogP contribution >= 0.6 is 0 Å². The normalized spacial score (nSPS) is 17.4. The van der Waals surface area contributed by atoms with E-state index in [9.17, 15) is 5.11 Å². The highest BCUT2D eigenvalue weighted by Gasteiger charge is 2.36. The first-order valence-electron chi connectivity index (χ1n) is 6.03. The van der Waals surface area contributed by atoms with Crippen molar-refractivity contribution < 1.29 is 14.6 Å². The lowest BCUT2D eigenvalue weighted by atomic mass is 9.88. The van der Waals surface area contributed by atoms with E-state index in [0.717, 1.165) is 11.3 Å². The summed E-state index contributed by atoms with van der Waals surface area (Å²) in [5.41, 5.74) is 0.125. The minimum Gasteiger partial charge on any atom is -0.490 e. The predicted octanol–water partition coefficient (Wildman–Crippen LogP) is 1.27. The second-order valence-corrected chi connectivity index (χ2v) is 4.16. The van der Waals surface area contributed by atoms with Crippen molar-refractivity contribution >= 4 is 0 Å². The molecule has 1 aromatic carbocycles. The number of nitrogens with one attached hydrogen (secondary N) is 1. The summed E-state index contributed by atoms with van der Waals surface area (Å²) in [6, 6.07) is 5.63. The maximum Gasteiger partial charge on any atom is 0.161 e. The zero-order valence-corrected chi connectivity index (χ0v) is 10.3. The van der Waals surface area contributed by atoms with E-state index in [2.05, 4.69) is 5.32 Å². The molecule has 1 aliphatic rings. The molecule has 0 aliphatic carbocycles. The van der Waals surface area contributed by atoms with Gasteiger partial charge in [0, 0.05) is 13.1 Å². The van der Waals surface area contributed by atoms with Crippen molar-refractivity contribution in [2.24, 2.45) is 0 Å². The third-order valence-electron chi connectivity index (χ3n) is 2.92. The number of ether oxygens (including phenoxy) is 2. The summed E-state index contributed by atoms with van der Waals surface area (Å²) >= 11 is 0. The average molecular weight is 237 g/mol. The van der Waals surface area contributed by atoms with Gasteiger partial charge in [0.25, 0.3) is 0 Å². The quantitative estimate of drug-likeness (QED) is 0.810. The number of hydrogen-bond acceptors (Lipinski definition) is 4. The maximum atomic E-state index is 10.2. The van der Waals surface area contributed by atoms with Gasteiger partial charge in [-0.25, -0.2) is 0 Å². The molecule has 2 rings (SSSR count). The van der Waals surface area contributed by atoms with Crippen molar-refractivity contribution in [1.29, 1.82) is 0 Å². The predicted molar refractivity (Wildman–Crippen MR) is 65.5 cm³/mol. The average Bonchev–Trinajstić information content (AvgIpc) is 2.29. The lowest BCUT2D eigenvalue weighted by Gasteiger charge is -2.38. The van der Waals surface area contributed by atoms with Crippen LogP contribution in [-0.2, 0) is 5.60 Å². The summed E-state index contributed by atoms with van der Waals surface area (Å²) in [6.45, 7) is 6.24. The van der Waals surface area contributed by atoms with Gasteiger partial charge in [0.2, 0.25) is 0 Å². The van der Waals surface area contributed by atoms with Crippen LogP contribution in [0, 0.1) is 0 Å². The number of hydrogen-bond donors (Lipinski definition) is 2. The minimum absolute atomic E-state index is 0.584. The monoisotopic (exact) mass is 237 g/mol. The molecule has 0 aromatic heterocycles. The maximum absolute atomic E-state index is 10.2. The van der Waals surface area contributed by atoms with Gasteiger partial charge in [0.1, 0.15) is 5.60 Å². The van der Waals surface area contributed by atoms with Crippen LogP contribution in [0.5, 0.6) is 11.5 Å². The van der Waals surface area contributed by atoms with Gasteiger partial charge < -0.3 is 19.9 Å². The van der Waals surface area contributed by atoms with E-state index >= 15 is 0 Å². The Kier molecular flexibility index (Phi) is 3.54. The van der Waals surface area contributed by atoms with E-state index in [-0.39, 0.29) is 0 Å². The SMILES string of the molecule is CCOc1ccc(C2(O)CNC2)cc1OCC. The van der Waals surface area contributed by atoms with Gasteiger partial charge in [-0.3, -0.25) is 0 Å². The van der Waals surface area contributed by atoms with Crippen molar-refractivity contribution in [3.05, 3.63) is 23.8 Å². The van der Waals surface area contributed by atoms with Gasteiger partial charge in [-0.05, 0) is 31.5 Å². The van der Waals surface area contributed by atoms with Gasteiger partial charge in [0.05, 0.1) is 13.2 Å². The van der Waals surface area contributed by atoms with Crippen LogP contribution in [0.15, 0.2) is 18.2 Å². The molecule has 94 valence electrons. The Hall–Kier alpha value is -1.26. The number of aliphatic hydroxyl groups is 1. The largest absolute Gasteiger partial charge is 0.490 e. The lowest BCUT2D eigenvalue weighted by molar-refractivity contribution is -0.0148. The lowest BCUT2D eigenvalue weighted by Crippen LogP contribution is -2.56. The number of rotatable bonds is 5. The molecule has 1 saturated heterocycles. The second kappa shape index (κ2) is 4.94. The van der Waals surface area contributed by atoms with Gasteiger partial charge >= 0.3 is 0 Å². The third kappa shape index (κ3) is 2.37. The van der Waals surface area contributed by atoms with Crippen LogP contribution in [0.3, 0.4) is 0 Å². The van der Waals surface area contributed by atoms with Crippen molar-refractivity contribution in [1.82, 2.24) is 5.32 Å². The standard InChI is InChI=1S/C13H19NO3/c1-3-16-11-6-5-10(7-12(11)17-4-2)13(15)8-14-9-13/h5-7,14-15H,3-4,8-9H2,1-2H3. The topological polar surface area (TPSA) is 50.7 Å². The van der Waals surface area contributed by atoms with E-state index in [1.54, 1.807) is 0 Å². The van der Waals surface area contributed by atoms with E-state index in [0.29, 0.717) is 32.1 Å². The molecule has 0 spiro atoms. The van der Waals surface area contributed by atoms with Crippen molar-refractivity contribution in [3.8, 4) is 11.5 Å². The number of β-amino-alcohol motifs (C(OH)–C–C–N with tert-alkyl or cyclic N) is 1. The molecule has 1 heterocycles. The molecule has 4 heteroatoms. The van der Waals surface area contributed by atoms with Crippen LogP contribution in [0.2, 0.25) is 0 Å². The first-order chi connectivity index (χ1) is 8.19. The van der Waals surface area contributed by atoms with Crippen molar-refractivity contribution in [3.63, 3.8) is 0 Å². The molecular weight excluding hydrogens is 218 g/mol. The first kappa shape index (κ1) is 12.2. The molecule has 4 nitrogen and oxygen atoms in total. The van der Waals surface area contributed by atoms with E-state index in [1.807, 2.05) is 32.0 Å². The molecule has 0 unspecified atom stereocenters.